The lowest BCUT2D eigenvalue weighted by atomic mass is 10.0. The number of hydrogen-bond acceptors (Lipinski definition) is 3. The third-order valence-electron chi connectivity index (χ3n) is 3.58. The zero-order valence-electron chi connectivity index (χ0n) is 13.0. The molecule has 2 N–H and O–H groups in total. The molecule has 0 bridgehead atoms. The van der Waals surface area contributed by atoms with Crippen molar-refractivity contribution in [3.8, 4) is 0 Å². The van der Waals surface area contributed by atoms with E-state index < -0.39 is 0 Å². The van der Waals surface area contributed by atoms with Gasteiger partial charge in [0.25, 0.3) is 0 Å². The van der Waals surface area contributed by atoms with Crippen LogP contribution in [0.15, 0.2) is 0 Å². The van der Waals surface area contributed by atoms with Gasteiger partial charge in [-0.25, -0.2) is 0 Å². The molecule has 1 unspecified atom stereocenters. The summed E-state index contributed by atoms with van der Waals surface area (Å²) in [6.45, 7) is 2.25. The molecule has 19 heavy (non-hydrogen) atoms. The van der Waals surface area contributed by atoms with Gasteiger partial charge in [-0.2, -0.15) is 0 Å². The maximum Gasteiger partial charge on any atom is 0.307 e. The minimum Gasteiger partial charge on any atom is -0.469 e. The van der Waals surface area contributed by atoms with Crippen LogP contribution in [-0.4, -0.2) is 19.1 Å². The average molecular weight is 271 g/mol. The first-order valence-electron chi connectivity index (χ1n) is 8.03. The van der Waals surface area contributed by atoms with Crippen molar-refractivity contribution in [3.63, 3.8) is 0 Å². The van der Waals surface area contributed by atoms with Crippen molar-refractivity contribution in [3.05, 3.63) is 0 Å². The summed E-state index contributed by atoms with van der Waals surface area (Å²) in [7, 11) is 1.41. The Hall–Kier alpha value is -0.570. The predicted molar refractivity (Wildman–Crippen MR) is 81.1 cm³/mol. The topological polar surface area (TPSA) is 52.3 Å². The second-order valence-corrected chi connectivity index (χ2v) is 5.51. The van der Waals surface area contributed by atoms with Gasteiger partial charge in [-0.3, -0.25) is 4.79 Å². The van der Waals surface area contributed by atoms with E-state index in [0.29, 0.717) is 6.42 Å². The van der Waals surface area contributed by atoms with E-state index in [9.17, 15) is 4.79 Å². The van der Waals surface area contributed by atoms with Crippen molar-refractivity contribution >= 4 is 5.97 Å². The zero-order valence-corrected chi connectivity index (χ0v) is 13.0. The Labute approximate surface area is 119 Å². The molecule has 0 heterocycles. The lowest BCUT2D eigenvalue weighted by molar-refractivity contribution is -0.141. The summed E-state index contributed by atoms with van der Waals surface area (Å²) in [5.74, 6) is -0.195. The Kier molecular flexibility index (Phi) is 13.4. The van der Waals surface area contributed by atoms with Crippen LogP contribution >= 0.6 is 0 Å². The molecule has 0 aromatic carbocycles. The third kappa shape index (κ3) is 13.7. The fourth-order valence-electron chi connectivity index (χ4n) is 2.29. The molecular weight excluding hydrogens is 238 g/mol. The quantitative estimate of drug-likeness (QED) is 0.404. The van der Waals surface area contributed by atoms with Crippen LogP contribution in [0, 0.1) is 0 Å². The van der Waals surface area contributed by atoms with Gasteiger partial charge in [-0.15, -0.1) is 0 Å². The molecule has 0 aromatic rings. The lowest BCUT2D eigenvalue weighted by Crippen LogP contribution is -2.24. The summed E-state index contributed by atoms with van der Waals surface area (Å²) in [6, 6.07) is -0.0264. The van der Waals surface area contributed by atoms with E-state index in [2.05, 4.69) is 11.7 Å². The molecule has 114 valence electrons. The number of unbranched alkanes of at least 4 members (excludes halogenated alkanes) is 9. The standard InChI is InChI=1S/C16H33NO2/c1-3-4-5-6-7-8-9-10-11-12-13-15(17)14-16(18)19-2/h15H,3-14,17H2,1-2H3. The van der Waals surface area contributed by atoms with Crippen molar-refractivity contribution in [2.75, 3.05) is 7.11 Å². The predicted octanol–water partition coefficient (Wildman–Crippen LogP) is 4.19. The fourth-order valence-corrected chi connectivity index (χ4v) is 2.29. The van der Waals surface area contributed by atoms with E-state index in [-0.39, 0.29) is 12.0 Å². The first-order chi connectivity index (χ1) is 9.20. The molecule has 1 atom stereocenters. The summed E-state index contributed by atoms with van der Waals surface area (Å²) in [5.41, 5.74) is 5.86. The van der Waals surface area contributed by atoms with Gasteiger partial charge in [-0.1, -0.05) is 71.1 Å². The second-order valence-electron chi connectivity index (χ2n) is 5.51. The Bertz CT molecular complexity index is 207. The van der Waals surface area contributed by atoms with E-state index in [1.807, 2.05) is 0 Å². The van der Waals surface area contributed by atoms with E-state index in [1.54, 1.807) is 0 Å². The number of esters is 1. The summed E-state index contributed by atoms with van der Waals surface area (Å²) in [5, 5.41) is 0. The molecular formula is C16H33NO2. The van der Waals surface area contributed by atoms with Gasteiger partial charge in [-0.05, 0) is 6.42 Å². The molecule has 0 aliphatic carbocycles. The number of carbonyl (C=O) groups is 1. The molecule has 3 nitrogen and oxygen atoms in total. The molecule has 0 radical (unpaired) electrons. The van der Waals surface area contributed by atoms with Crippen LogP contribution in [-0.2, 0) is 9.53 Å². The van der Waals surface area contributed by atoms with Gasteiger partial charge >= 0.3 is 5.97 Å². The molecule has 0 aromatic heterocycles. The highest BCUT2D eigenvalue weighted by Gasteiger charge is 2.08. The van der Waals surface area contributed by atoms with Crippen molar-refractivity contribution < 1.29 is 9.53 Å². The first kappa shape index (κ1) is 18.4. The molecule has 0 saturated heterocycles. The van der Waals surface area contributed by atoms with Gasteiger partial charge < -0.3 is 10.5 Å². The molecule has 0 aliphatic rings. The average Bonchev–Trinajstić information content (AvgIpc) is 2.40. The van der Waals surface area contributed by atoms with E-state index in [0.717, 1.165) is 12.8 Å². The van der Waals surface area contributed by atoms with Crippen molar-refractivity contribution in [1.29, 1.82) is 0 Å². The molecule has 0 aliphatic heterocycles. The molecule has 0 rings (SSSR count). The smallest absolute Gasteiger partial charge is 0.307 e. The summed E-state index contributed by atoms with van der Waals surface area (Å²) >= 11 is 0. The maximum atomic E-state index is 11.0. The Morgan fingerprint density at radius 3 is 1.89 bits per heavy atom. The Morgan fingerprint density at radius 2 is 1.42 bits per heavy atom. The van der Waals surface area contributed by atoms with Gasteiger partial charge in [0.15, 0.2) is 0 Å². The van der Waals surface area contributed by atoms with Crippen LogP contribution in [0.1, 0.15) is 84.0 Å². The van der Waals surface area contributed by atoms with Gasteiger partial charge in [0.2, 0.25) is 0 Å². The lowest BCUT2D eigenvalue weighted by Gasteiger charge is -2.09. The van der Waals surface area contributed by atoms with Crippen LogP contribution < -0.4 is 5.73 Å². The van der Waals surface area contributed by atoms with E-state index >= 15 is 0 Å². The van der Waals surface area contributed by atoms with Crippen LogP contribution in [0.25, 0.3) is 0 Å². The van der Waals surface area contributed by atoms with Crippen LogP contribution in [0.5, 0.6) is 0 Å². The molecule has 0 spiro atoms. The highest BCUT2D eigenvalue weighted by Crippen LogP contribution is 2.12. The minimum atomic E-state index is -0.195. The first-order valence-corrected chi connectivity index (χ1v) is 8.03. The van der Waals surface area contributed by atoms with E-state index in [1.165, 1.54) is 64.9 Å². The molecule has 0 saturated carbocycles. The summed E-state index contributed by atoms with van der Waals surface area (Å²) in [4.78, 5) is 11.0. The largest absolute Gasteiger partial charge is 0.469 e. The van der Waals surface area contributed by atoms with E-state index in [4.69, 9.17) is 5.73 Å². The Balaban J connectivity index is 3.16. The maximum absolute atomic E-state index is 11.0. The van der Waals surface area contributed by atoms with Crippen LogP contribution in [0.3, 0.4) is 0 Å². The van der Waals surface area contributed by atoms with Crippen LogP contribution in [0.4, 0.5) is 0 Å². The Morgan fingerprint density at radius 1 is 0.947 bits per heavy atom. The summed E-state index contributed by atoms with van der Waals surface area (Å²) < 4.78 is 4.60. The second kappa shape index (κ2) is 13.9. The van der Waals surface area contributed by atoms with Crippen molar-refractivity contribution in [2.45, 2.75) is 90.0 Å². The highest BCUT2D eigenvalue weighted by atomic mass is 16.5. The van der Waals surface area contributed by atoms with Crippen molar-refractivity contribution in [1.82, 2.24) is 0 Å². The number of ether oxygens (including phenoxy) is 1. The molecule has 0 fully saturated rings. The van der Waals surface area contributed by atoms with Gasteiger partial charge in [0.1, 0.15) is 0 Å². The number of rotatable bonds is 13. The normalized spacial score (nSPS) is 12.4. The highest BCUT2D eigenvalue weighted by molar-refractivity contribution is 5.69. The number of nitrogens with two attached hydrogens (primary N) is 1. The minimum absolute atomic E-state index is 0.0264. The molecule has 3 heteroatoms. The van der Waals surface area contributed by atoms with Crippen LogP contribution in [0.2, 0.25) is 0 Å². The third-order valence-corrected chi connectivity index (χ3v) is 3.58. The summed E-state index contributed by atoms with van der Waals surface area (Å²) in [6.07, 6.45) is 14.6. The SMILES string of the molecule is CCCCCCCCCCCCC(N)CC(=O)OC. The van der Waals surface area contributed by atoms with Gasteiger partial charge in [0.05, 0.1) is 13.5 Å². The molecule has 0 amide bonds. The fraction of sp³-hybridized carbons (Fsp3) is 0.938. The number of methoxy groups -OCH3 is 1. The zero-order chi connectivity index (χ0) is 14.3. The number of hydrogen-bond donors (Lipinski definition) is 1. The number of carbonyl (C=O) groups excluding carboxylic acids is 1. The van der Waals surface area contributed by atoms with Crippen molar-refractivity contribution in [2.24, 2.45) is 5.73 Å². The van der Waals surface area contributed by atoms with Gasteiger partial charge in [0, 0.05) is 6.04 Å². The monoisotopic (exact) mass is 271 g/mol.